The van der Waals surface area contributed by atoms with Gasteiger partial charge >= 0.3 is 0 Å². The van der Waals surface area contributed by atoms with E-state index in [1.807, 2.05) is 6.08 Å². The quantitative estimate of drug-likeness (QED) is 0.411. The first kappa shape index (κ1) is 12.2. The minimum Gasteiger partial charge on any atom is -0.300 e. The first-order valence-corrected chi connectivity index (χ1v) is 5.08. The largest absolute Gasteiger partial charge is 0.300 e. The molecule has 74 valence electrons. The molecule has 0 N–H and O–H groups in total. The number of ketones is 1. The van der Waals surface area contributed by atoms with Crippen LogP contribution in [0, 0.1) is 0 Å². The smallest absolute Gasteiger partial charge is 0.133 e. The number of allylic oxidation sites excluding steroid dienone is 3. The third-order valence-electron chi connectivity index (χ3n) is 1.86. The highest BCUT2D eigenvalue weighted by Crippen LogP contribution is 2.02. The first-order chi connectivity index (χ1) is 6.31. The summed E-state index contributed by atoms with van der Waals surface area (Å²) in [4.78, 5) is 11.2. The molecule has 1 heteroatoms. The van der Waals surface area contributed by atoms with Crippen LogP contribution in [0.3, 0.4) is 0 Å². The van der Waals surface area contributed by atoms with Crippen molar-refractivity contribution in [1.29, 1.82) is 0 Å². The number of carbonyl (C=O) groups excluding carboxylic acids is 1. The molecule has 13 heavy (non-hydrogen) atoms. The van der Waals surface area contributed by atoms with Gasteiger partial charge in [-0.15, -0.1) is 6.58 Å². The molecule has 0 aromatic heterocycles. The van der Waals surface area contributed by atoms with Crippen LogP contribution in [0.4, 0.5) is 0 Å². The van der Waals surface area contributed by atoms with Crippen molar-refractivity contribution in [1.82, 2.24) is 0 Å². The number of carbonyl (C=O) groups is 1. The van der Waals surface area contributed by atoms with Crippen LogP contribution in [0.2, 0.25) is 0 Å². The van der Waals surface area contributed by atoms with E-state index >= 15 is 0 Å². The molecule has 0 saturated heterocycles. The Kier molecular flexibility index (Phi) is 8.64. The molecule has 0 atom stereocenters. The summed E-state index contributed by atoms with van der Waals surface area (Å²) in [5.41, 5.74) is 0. The lowest BCUT2D eigenvalue weighted by molar-refractivity contribution is -0.119. The van der Waals surface area contributed by atoms with Crippen LogP contribution in [0.5, 0.6) is 0 Å². The van der Waals surface area contributed by atoms with Crippen molar-refractivity contribution in [2.45, 2.75) is 45.4 Å². The van der Waals surface area contributed by atoms with Crippen molar-refractivity contribution in [3.63, 3.8) is 0 Å². The van der Waals surface area contributed by atoms with Gasteiger partial charge in [-0.25, -0.2) is 0 Å². The average Bonchev–Trinajstić information content (AvgIpc) is 2.13. The molecule has 0 aliphatic carbocycles. The van der Waals surface area contributed by atoms with Crippen LogP contribution in [0.15, 0.2) is 24.8 Å². The van der Waals surface area contributed by atoms with Crippen LogP contribution >= 0.6 is 0 Å². The molecule has 1 nitrogen and oxygen atoms in total. The number of hydrogen-bond donors (Lipinski definition) is 0. The molecule has 0 fully saturated rings. The molecule has 0 aromatic carbocycles. The molecule has 0 aliphatic rings. The number of rotatable bonds is 8. The second-order valence-corrected chi connectivity index (χ2v) is 3.14. The van der Waals surface area contributed by atoms with Crippen molar-refractivity contribution < 1.29 is 4.79 Å². The highest BCUT2D eigenvalue weighted by molar-refractivity contribution is 5.78. The van der Waals surface area contributed by atoms with Crippen molar-refractivity contribution in [2.24, 2.45) is 0 Å². The minimum atomic E-state index is 0.377. The highest BCUT2D eigenvalue weighted by atomic mass is 16.1. The maximum Gasteiger partial charge on any atom is 0.133 e. The summed E-state index contributed by atoms with van der Waals surface area (Å²) in [6.07, 6.45) is 11.4. The van der Waals surface area contributed by atoms with E-state index in [0.29, 0.717) is 18.6 Å². The summed E-state index contributed by atoms with van der Waals surface area (Å²) in [5, 5.41) is 0. The zero-order valence-corrected chi connectivity index (χ0v) is 8.59. The van der Waals surface area contributed by atoms with Gasteiger partial charge in [0.05, 0.1) is 0 Å². The topological polar surface area (TPSA) is 17.1 Å². The Labute approximate surface area is 81.5 Å². The van der Waals surface area contributed by atoms with Crippen LogP contribution in [0.1, 0.15) is 45.4 Å². The van der Waals surface area contributed by atoms with E-state index < -0.39 is 0 Å². The standard InChI is InChI=1S/C12H20O/c1-3-5-7-9-11-12(13)10-8-6-4-2/h4-5,7H,2-3,6,8-11H2,1H3/b7-5+. The fraction of sp³-hybridized carbons (Fsp3) is 0.583. The summed E-state index contributed by atoms with van der Waals surface area (Å²) in [6, 6.07) is 0. The minimum absolute atomic E-state index is 0.377. The van der Waals surface area contributed by atoms with Crippen molar-refractivity contribution in [3.8, 4) is 0 Å². The van der Waals surface area contributed by atoms with E-state index in [1.54, 1.807) is 0 Å². The molecular formula is C12H20O. The zero-order chi connectivity index (χ0) is 9.94. The number of Topliss-reactive ketones (excluding diaryl/α,β-unsaturated/α-hetero) is 1. The molecule has 0 saturated carbocycles. The van der Waals surface area contributed by atoms with Crippen LogP contribution in [-0.2, 0) is 4.79 Å². The first-order valence-electron chi connectivity index (χ1n) is 5.08. The summed E-state index contributed by atoms with van der Waals surface area (Å²) in [6.45, 7) is 5.72. The van der Waals surface area contributed by atoms with Gasteiger partial charge in [-0.3, -0.25) is 4.79 Å². The Morgan fingerprint density at radius 1 is 1.23 bits per heavy atom. The predicted octanol–water partition coefficient (Wildman–Crippen LogP) is 3.66. The van der Waals surface area contributed by atoms with E-state index in [2.05, 4.69) is 25.7 Å². The third-order valence-corrected chi connectivity index (χ3v) is 1.86. The Morgan fingerprint density at radius 3 is 2.62 bits per heavy atom. The monoisotopic (exact) mass is 180 g/mol. The normalized spacial score (nSPS) is 10.5. The fourth-order valence-electron chi connectivity index (χ4n) is 1.10. The Bertz CT molecular complexity index is 168. The Balaban J connectivity index is 3.29. The van der Waals surface area contributed by atoms with Gasteiger partial charge in [0.25, 0.3) is 0 Å². The third kappa shape index (κ3) is 9.06. The summed E-state index contributed by atoms with van der Waals surface area (Å²) >= 11 is 0. The van der Waals surface area contributed by atoms with Crippen LogP contribution in [-0.4, -0.2) is 5.78 Å². The van der Waals surface area contributed by atoms with Crippen LogP contribution in [0.25, 0.3) is 0 Å². The van der Waals surface area contributed by atoms with Gasteiger partial charge in [-0.1, -0.05) is 25.2 Å². The van der Waals surface area contributed by atoms with E-state index in [9.17, 15) is 4.79 Å². The second-order valence-electron chi connectivity index (χ2n) is 3.14. The predicted molar refractivity (Wildman–Crippen MR) is 57.7 cm³/mol. The molecule has 0 heterocycles. The maximum absolute atomic E-state index is 11.2. The van der Waals surface area contributed by atoms with Crippen molar-refractivity contribution >= 4 is 5.78 Å². The Hall–Kier alpha value is -0.850. The van der Waals surface area contributed by atoms with Gasteiger partial charge < -0.3 is 0 Å². The summed E-state index contributed by atoms with van der Waals surface area (Å²) in [5.74, 6) is 0.377. The van der Waals surface area contributed by atoms with Gasteiger partial charge in [0.1, 0.15) is 5.78 Å². The molecule has 0 radical (unpaired) electrons. The second kappa shape index (κ2) is 9.24. The molecular weight excluding hydrogens is 160 g/mol. The molecule has 0 aliphatic heterocycles. The molecule has 0 amide bonds. The lowest BCUT2D eigenvalue weighted by Crippen LogP contribution is -1.95. The molecule has 0 aromatic rings. The van der Waals surface area contributed by atoms with Crippen molar-refractivity contribution in [3.05, 3.63) is 24.8 Å². The zero-order valence-electron chi connectivity index (χ0n) is 8.59. The van der Waals surface area contributed by atoms with Crippen molar-refractivity contribution in [2.75, 3.05) is 0 Å². The molecule has 0 unspecified atom stereocenters. The maximum atomic E-state index is 11.2. The molecule has 0 spiro atoms. The van der Waals surface area contributed by atoms with Gasteiger partial charge in [-0.2, -0.15) is 0 Å². The summed E-state index contributed by atoms with van der Waals surface area (Å²) in [7, 11) is 0. The highest BCUT2D eigenvalue weighted by Gasteiger charge is 1.98. The number of hydrogen-bond acceptors (Lipinski definition) is 1. The molecule has 0 rings (SSSR count). The average molecular weight is 180 g/mol. The SMILES string of the molecule is C=CCCCC(=O)CC/C=C/CC. The summed E-state index contributed by atoms with van der Waals surface area (Å²) < 4.78 is 0. The van der Waals surface area contributed by atoms with Crippen LogP contribution < -0.4 is 0 Å². The lowest BCUT2D eigenvalue weighted by Gasteiger charge is -1.96. The van der Waals surface area contributed by atoms with E-state index in [0.717, 1.165) is 25.7 Å². The lowest BCUT2D eigenvalue weighted by atomic mass is 10.1. The van der Waals surface area contributed by atoms with Gasteiger partial charge in [0.2, 0.25) is 0 Å². The Morgan fingerprint density at radius 2 is 2.00 bits per heavy atom. The van der Waals surface area contributed by atoms with E-state index in [4.69, 9.17) is 0 Å². The fourth-order valence-corrected chi connectivity index (χ4v) is 1.10. The van der Waals surface area contributed by atoms with E-state index in [-0.39, 0.29) is 0 Å². The molecule has 0 bridgehead atoms. The van der Waals surface area contributed by atoms with Gasteiger partial charge in [-0.05, 0) is 25.7 Å². The van der Waals surface area contributed by atoms with Gasteiger partial charge in [0, 0.05) is 12.8 Å². The van der Waals surface area contributed by atoms with E-state index in [1.165, 1.54) is 0 Å². The van der Waals surface area contributed by atoms with Gasteiger partial charge in [0.15, 0.2) is 0 Å². The number of unbranched alkanes of at least 4 members (excludes halogenated alkanes) is 1.